The summed E-state index contributed by atoms with van der Waals surface area (Å²) in [4.78, 5) is 22.6. The molecule has 1 N–H and O–H groups in total. The Labute approximate surface area is 119 Å². The van der Waals surface area contributed by atoms with Crippen LogP contribution in [0.1, 0.15) is 33.1 Å². The molecule has 20 heavy (non-hydrogen) atoms. The van der Waals surface area contributed by atoms with E-state index < -0.39 is 11.9 Å². The van der Waals surface area contributed by atoms with E-state index in [4.69, 9.17) is 4.74 Å². The molecule has 0 aliphatic carbocycles. The first-order valence-corrected chi connectivity index (χ1v) is 6.88. The van der Waals surface area contributed by atoms with Gasteiger partial charge in [0, 0.05) is 5.69 Å². The Kier molecular flexibility index (Phi) is 7.17. The largest absolute Gasteiger partial charge is 0.494 e. The van der Waals surface area contributed by atoms with Crippen molar-refractivity contribution in [3.05, 3.63) is 24.3 Å². The average Bonchev–Trinajstić information content (AvgIpc) is 2.45. The van der Waals surface area contributed by atoms with Gasteiger partial charge in [-0.25, -0.2) is 4.79 Å². The Balaban J connectivity index is 2.42. The zero-order chi connectivity index (χ0) is 14.8. The fourth-order valence-corrected chi connectivity index (χ4v) is 1.56. The van der Waals surface area contributed by atoms with Gasteiger partial charge in [0.1, 0.15) is 5.75 Å². The van der Waals surface area contributed by atoms with Crippen molar-refractivity contribution in [1.29, 1.82) is 0 Å². The lowest BCUT2D eigenvalue weighted by atomic mass is 10.2. The highest BCUT2D eigenvalue weighted by atomic mass is 16.5. The molecule has 110 valence electrons. The summed E-state index contributed by atoms with van der Waals surface area (Å²) in [5, 5.41) is 2.46. The lowest BCUT2D eigenvalue weighted by Crippen LogP contribution is -2.24. The lowest BCUT2D eigenvalue weighted by Gasteiger charge is -2.07. The standard InChI is InChI=1S/C15H21NO4/c1-3-5-6-11-20-13-9-7-12(8-10-13)16-14(17)15(18)19-4-2/h7-10H,3-6,11H2,1-2H3,(H,16,17). The first-order chi connectivity index (χ1) is 9.67. The molecule has 1 rings (SSSR count). The van der Waals surface area contributed by atoms with Crippen molar-refractivity contribution < 1.29 is 19.1 Å². The van der Waals surface area contributed by atoms with Gasteiger partial charge in [0.15, 0.2) is 0 Å². The first-order valence-electron chi connectivity index (χ1n) is 6.88. The number of unbranched alkanes of at least 4 members (excludes halogenated alkanes) is 2. The minimum Gasteiger partial charge on any atom is -0.494 e. The minimum atomic E-state index is -0.882. The molecule has 0 fully saturated rings. The Morgan fingerprint density at radius 2 is 1.80 bits per heavy atom. The highest BCUT2D eigenvalue weighted by Gasteiger charge is 2.14. The maximum absolute atomic E-state index is 11.4. The molecule has 1 aromatic rings. The molecule has 0 saturated heterocycles. The van der Waals surface area contributed by atoms with Crippen LogP contribution >= 0.6 is 0 Å². The SMILES string of the molecule is CCCCCOc1ccc(NC(=O)C(=O)OCC)cc1. The quantitative estimate of drug-likeness (QED) is 0.473. The number of esters is 1. The normalized spacial score (nSPS) is 9.90. The van der Waals surface area contributed by atoms with E-state index in [9.17, 15) is 9.59 Å². The Morgan fingerprint density at radius 3 is 2.40 bits per heavy atom. The summed E-state index contributed by atoms with van der Waals surface area (Å²) >= 11 is 0. The van der Waals surface area contributed by atoms with Crippen molar-refractivity contribution in [2.75, 3.05) is 18.5 Å². The molecule has 0 aliphatic rings. The van der Waals surface area contributed by atoms with Gasteiger partial charge in [0.25, 0.3) is 0 Å². The summed E-state index contributed by atoms with van der Waals surface area (Å²) in [5.41, 5.74) is 0.531. The van der Waals surface area contributed by atoms with Gasteiger partial charge < -0.3 is 14.8 Å². The van der Waals surface area contributed by atoms with Gasteiger partial charge in [-0.05, 0) is 37.6 Å². The highest BCUT2D eigenvalue weighted by Crippen LogP contribution is 2.16. The second-order valence-corrected chi connectivity index (χ2v) is 4.25. The van der Waals surface area contributed by atoms with Crippen LogP contribution < -0.4 is 10.1 Å². The molecule has 0 aromatic heterocycles. The third kappa shape index (κ3) is 5.73. The minimum absolute atomic E-state index is 0.177. The molecular weight excluding hydrogens is 258 g/mol. The molecule has 0 aliphatic heterocycles. The molecule has 1 aromatic carbocycles. The van der Waals surface area contributed by atoms with Gasteiger partial charge in [-0.3, -0.25) is 4.79 Å². The predicted molar refractivity (Wildman–Crippen MR) is 76.7 cm³/mol. The van der Waals surface area contributed by atoms with E-state index in [1.54, 1.807) is 31.2 Å². The van der Waals surface area contributed by atoms with Crippen molar-refractivity contribution in [2.24, 2.45) is 0 Å². The van der Waals surface area contributed by atoms with Crippen molar-refractivity contribution in [3.8, 4) is 5.75 Å². The Hall–Kier alpha value is -2.04. The van der Waals surface area contributed by atoms with E-state index in [-0.39, 0.29) is 6.61 Å². The molecule has 0 heterocycles. The molecular formula is C15H21NO4. The molecule has 0 unspecified atom stereocenters. The topological polar surface area (TPSA) is 64.6 Å². The van der Waals surface area contributed by atoms with Gasteiger partial charge in [-0.2, -0.15) is 0 Å². The number of carbonyl (C=O) groups excluding carboxylic acids is 2. The van der Waals surface area contributed by atoms with Crippen LogP contribution in [0.4, 0.5) is 5.69 Å². The molecule has 0 spiro atoms. The second kappa shape index (κ2) is 8.96. The molecule has 0 bridgehead atoms. The first kappa shape index (κ1) is 16.0. The molecule has 1 amide bonds. The summed E-state index contributed by atoms with van der Waals surface area (Å²) in [6.07, 6.45) is 3.33. The summed E-state index contributed by atoms with van der Waals surface area (Å²) in [7, 11) is 0. The Morgan fingerprint density at radius 1 is 1.10 bits per heavy atom. The van der Waals surface area contributed by atoms with Gasteiger partial charge in [0.2, 0.25) is 0 Å². The van der Waals surface area contributed by atoms with Crippen LogP contribution in [0.25, 0.3) is 0 Å². The maximum Gasteiger partial charge on any atom is 0.397 e. The van der Waals surface area contributed by atoms with Crippen LogP contribution in [0.2, 0.25) is 0 Å². The van der Waals surface area contributed by atoms with E-state index in [0.29, 0.717) is 12.3 Å². The summed E-state index contributed by atoms with van der Waals surface area (Å²) in [6, 6.07) is 6.89. The smallest absolute Gasteiger partial charge is 0.397 e. The summed E-state index contributed by atoms with van der Waals surface area (Å²) in [5.74, 6) is -0.911. The van der Waals surface area contributed by atoms with Crippen molar-refractivity contribution >= 4 is 17.6 Å². The van der Waals surface area contributed by atoms with Crippen LogP contribution in [-0.2, 0) is 14.3 Å². The highest BCUT2D eigenvalue weighted by molar-refractivity contribution is 6.37. The zero-order valence-corrected chi connectivity index (χ0v) is 12.0. The van der Waals surface area contributed by atoms with Crippen molar-refractivity contribution in [2.45, 2.75) is 33.1 Å². The van der Waals surface area contributed by atoms with Crippen molar-refractivity contribution in [3.63, 3.8) is 0 Å². The molecule has 0 atom stereocenters. The average molecular weight is 279 g/mol. The summed E-state index contributed by atoms with van der Waals surface area (Å²) in [6.45, 7) is 4.65. The monoisotopic (exact) mass is 279 g/mol. The second-order valence-electron chi connectivity index (χ2n) is 4.25. The van der Waals surface area contributed by atoms with E-state index in [1.807, 2.05) is 0 Å². The van der Waals surface area contributed by atoms with E-state index in [1.165, 1.54) is 0 Å². The molecule has 5 heteroatoms. The summed E-state index contributed by atoms with van der Waals surface area (Å²) < 4.78 is 10.1. The van der Waals surface area contributed by atoms with Crippen LogP contribution in [0.15, 0.2) is 24.3 Å². The van der Waals surface area contributed by atoms with Crippen LogP contribution in [-0.4, -0.2) is 25.1 Å². The van der Waals surface area contributed by atoms with Crippen LogP contribution in [0, 0.1) is 0 Å². The van der Waals surface area contributed by atoms with E-state index in [2.05, 4.69) is 17.0 Å². The molecule has 0 radical (unpaired) electrons. The number of nitrogens with one attached hydrogen (secondary N) is 1. The van der Waals surface area contributed by atoms with Crippen LogP contribution in [0.3, 0.4) is 0 Å². The fraction of sp³-hybridized carbons (Fsp3) is 0.467. The van der Waals surface area contributed by atoms with Gasteiger partial charge in [-0.15, -0.1) is 0 Å². The maximum atomic E-state index is 11.4. The predicted octanol–water partition coefficient (Wildman–Crippen LogP) is 2.76. The number of ether oxygens (including phenoxy) is 2. The molecule has 0 saturated carbocycles. The third-order valence-corrected chi connectivity index (χ3v) is 2.59. The van der Waals surface area contributed by atoms with E-state index in [0.717, 1.165) is 25.0 Å². The number of amides is 1. The fourth-order valence-electron chi connectivity index (χ4n) is 1.56. The number of benzene rings is 1. The Bertz CT molecular complexity index is 428. The number of hydrogen-bond donors (Lipinski definition) is 1. The zero-order valence-electron chi connectivity index (χ0n) is 12.0. The van der Waals surface area contributed by atoms with E-state index >= 15 is 0 Å². The number of rotatable bonds is 7. The number of carbonyl (C=O) groups is 2. The lowest BCUT2D eigenvalue weighted by molar-refractivity contribution is -0.152. The number of anilines is 1. The molecule has 5 nitrogen and oxygen atoms in total. The third-order valence-electron chi connectivity index (χ3n) is 2.59. The van der Waals surface area contributed by atoms with Gasteiger partial charge >= 0.3 is 11.9 Å². The van der Waals surface area contributed by atoms with Crippen molar-refractivity contribution in [1.82, 2.24) is 0 Å². The van der Waals surface area contributed by atoms with Gasteiger partial charge in [0.05, 0.1) is 13.2 Å². The number of hydrogen-bond acceptors (Lipinski definition) is 4. The van der Waals surface area contributed by atoms with Gasteiger partial charge in [-0.1, -0.05) is 19.8 Å². The van der Waals surface area contributed by atoms with Crippen LogP contribution in [0.5, 0.6) is 5.75 Å².